The van der Waals surface area contributed by atoms with E-state index >= 15 is 0 Å². The molecule has 1 nitrogen and oxygen atoms in total. The van der Waals surface area contributed by atoms with Gasteiger partial charge in [-0.15, -0.1) is 0 Å². The van der Waals surface area contributed by atoms with E-state index in [1.165, 1.54) is 24.8 Å². The lowest BCUT2D eigenvalue weighted by molar-refractivity contribution is -0.0601. The van der Waals surface area contributed by atoms with Crippen molar-refractivity contribution >= 4 is 0 Å². The third kappa shape index (κ3) is 2.84. The molecule has 0 aliphatic carbocycles. The van der Waals surface area contributed by atoms with Gasteiger partial charge in [-0.25, -0.2) is 0 Å². The molecule has 0 N–H and O–H groups in total. The first-order valence-corrected chi connectivity index (χ1v) is 6.36. The molecule has 2 atom stereocenters. The molecule has 0 saturated heterocycles. The molecule has 0 saturated carbocycles. The Bertz CT molecular complexity index is 227. The predicted molar refractivity (Wildman–Crippen MR) is 66.0 cm³/mol. The van der Waals surface area contributed by atoms with Gasteiger partial charge in [-0.05, 0) is 19.8 Å². The van der Waals surface area contributed by atoms with E-state index in [-0.39, 0.29) is 5.41 Å². The summed E-state index contributed by atoms with van der Waals surface area (Å²) in [5.74, 6) is 0. The van der Waals surface area contributed by atoms with Crippen molar-refractivity contribution in [2.24, 2.45) is 5.41 Å². The Balaban J connectivity index is 2.70. The van der Waals surface area contributed by atoms with Gasteiger partial charge in [0.2, 0.25) is 0 Å². The highest BCUT2D eigenvalue weighted by Crippen LogP contribution is 2.39. The summed E-state index contributed by atoms with van der Waals surface area (Å²) in [5.41, 5.74) is 1.72. The summed E-state index contributed by atoms with van der Waals surface area (Å²) in [7, 11) is 0. The SMILES string of the molecule is CCCCC1C=C(C)C(C)(C)C(CC)O1. The molecular weight excluding hydrogens is 184 g/mol. The van der Waals surface area contributed by atoms with Crippen molar-refractivity contribution in [1.82, 2.24) is 0 Å². The fourth-order valence-electron chi connectivity index (χ4n) is 2.33. The minimum Gasteiger partial charge on any atom is -0.370 e. The first-order chi connectivity index (χ1) is 7.02. The lowest BCUT2D eigenvalue weighted by Gasteiger charge is -2.41. The van der Waals surface area contributed by atoms with Crippen LogP contribution in [0, 0.1) is 5.41 Å². The Hall–Kier alpha value is -0.300. The van der Waals surface area contributed by atoms with Crippen molar-refractivity contribution in [2.75, 3.05) is 0 Å². The molecule has 0 radical (unpaired) electrons. The molecule has 2 unspecified atom stereocenters. The van der Waals surface area contributed by atoms with Crippen LogP contribution in [0.1, 0.15) is 60.3 Å². The summed E-state index contributed by atoms with van der Waals surface area (Å²) in [6, 6.07) is 0. The molecule has 0 amide bonds. The zero-order valence-electron chi connectivity index (χ0n) is 11.0. The van der Waals surface area contributed by atoms with Gasteiger partial charge in [-0.2, -0.15) is 0 Å². The molecule has 0 aromatic rings. The summed E-state index contributed by atoms with van der Waals surface area (Å²) in [5, 5.41) is 0. The summed E-state index contributed by atoms with van der Waals surface area (Å²) in [6.07, 6.45) is 7.91. The first kappa shape index (κ1) is 12.8. The Morgan fingerprint density at radius 3 is 2.53 bits per heavy atom. The molecule has 0 fully saturated rings. The Morgan fingerprint density at radius 1 is 1.33 bits per heavy atom. The molecular formula is C14H26O. The van der Waals surface area contributed by atoms with Gasteiger partial charge >= 0.3 is 0 Å². The fraction of sp³-hybridized carbons (Fsp3) is 0.857. The molecule has 1 aliphatic heterocycles. The number of ether oxygens (including phenoxy) is 1. The van der Waals surface area contributed by atoms with Crippen molar-refractivity contribution in [3.63, 3.8) is 0 Å². The summed E-state index contributed by atoms with van der Waals surface area (Å²) in [4.78, 5) is 0. The Kier molecular flexibility index (Phi) is 4.39. The van der Waals surface area contributed by atoms with E-state index in [4.69, 9.17) is 4.74 Å². The van der Waals surface area contributed by atoms with E-state index in [1.54, 1.807) is 0 Å². The molecule has 0 spiro atoms. The van der Waals surface area contributed by atoms with E-state index in [0.717, 1.165) is 6.42 Å². The number of unbranched alkanes of at least 4 members (excludes halogenated alkanes) is 1. The van der Waals surface area contributed by atoms with E-state index < -0.39 is 0 Å². The second-order valence-electron chi connectivity index (χ2n) is 5.29. The highest BCUT2D eigenvalue weighted by molar-refractivity contribution is 5.17. The van der Waals surface area contributed by atoms with Crippen molar-refractivity contribution < 1.29 is 4.74 Å². The van der Waals surface area contributed by atoms with Gasteiger partial charge in [-0.3, -0.25) is 0 Å². The topological polar surface area (TPSA) is 9.23 Å². The van der Waals surface area contributed by atoms with Gasteiger partial charge in [0.25, 0.3) is 0 Å². The molecule has 1 heteroatoms. The van der Waals surface area contributed by atoms with Crippen LogP contribution in [0.4, 0.5) is 0 Å². The zero-order valence-corrected chi connectivity index (χ0v) is 11.0. The predicted octanol–water partition coefficient (Wildman–Crippen LogP) is 4.33. The van der Waals surface area contributed by atoms with Crippen molar-refractivity contribution in [1.29, 1.82) is 0 Å². The number of hydrogen-bond donors (Lipinski definition) is 0. The second-order valence-corrected chi connectivity index (χ2v) is 5.29. The molecule has 0 bridgehead atoms. The lowest BCUT2D eigenvalue weighted by Crippen LogP contribution is -2.39. The largest absolute Gasteiger partial charge is 0.370 e. The van der Waals surface area contributed by atoms with Gasteiger partial charge in [0.05, 0.1) is 12.2 Å². The average Bonchev–Trinajstić information content (AvgIpc) is 2.19. The minimum absolute atomic E-state index is 0.220. The van der Waals surface area contributed by atoms with Crippen LogP contribution in [-0.2, 0) is 4.74 Å². The second kappa shape index (κ2) is 5.16. The quantitative estimate of drug-likeness (QED) is 0.628. The monoisotopic (exact) mass is 210 g/mol. The minimum atomic E-state index is 0.220. The van der Waals surface area contributed by atoms with Crippen LogP contribution in [-0.4, -0.2) is 12.2 Å². The van der Waals surface area contributed by atoms with Crippen molar-refractivity contribution in [3.05, 3.63) is 11.6 Å². The molecule has 1 heterocycles. The Morgan fingerprint density at radius 2 is 2.00 bits per heavy atom. The summed E-state index contributed by atoms with van der Waals surface area (Å²) >= 11 is 0. The van der Waals surface area contributed by atoms with Crippen LogP contribution in [0.2, 0.25) is 0 Å². The van der Waals surface area contributed by atoms with Crippen LogP contribution in [0.5, 0.6) is 0 Å². The number of rotatable bonds is 4. The van der Waals surface area contributed by atoms with Gasteiger partial charge in [0.1, 0.15) is 0 Å². The number of hydrogen-bond acceptors (Lipinski definition) is 1. The molecule has 0 aromatic heterocycles. The van der Waals surface area contributed by atoms with Crippen molar-refractivity contribution in [3.8, 4) is 0 Å². The maximum atomic E-state index is 6.15. The summed E-state index contributed by atoms with van der Waals surface area (Å²) in [6.45, 7) is 11.3. The van der Waals surface area contributed by atoms with E-state index in [1.807, 2.05) is 0 Å². The Labute approximate surface area is 94.9 Å². The molecule has 0 aromatic carbocycles. The normalized spacial score (nSPS) is 30.1. The molecule has 15 heavy (non-hydrogen) atoms. The van der Waals surface area contributed by atoms with E-state index in [0.29, 0.717) is 12.2 Å². The van der Waals surface area contributed by atoms with E-state index in [9.17, 15) is 0 Å². The van der Waals surface area contributed by atoms with Gasteiger partial charge in [0, 0.05) is 5.41 Å². The maximum Gasteiger partial charge on any atom is 0.0762 e. The van der Waals surface area contributed by atoms with Gasteiger partial charge in [0.15, 0.2) is 0 Å². The first-order valence-electron chi connectivity index (χ1n) is 6.36. The molecule has 1 aliphatic rings. The fourth-order valence-corrected chi connectivity index (χ4v) is 2.33. The molecule has 1 rings (SSSR count). The third-order valence-electron chi connectivity index (χ3n) is 3.81. The van der Waals surface area contributed by atoms with Crippen LogP contribution in [0.3, 0.4) is 0 Å². The lowest BCUT2D eigenvalue weighted by atomic mass is 9.76. The van der Waals surface area contributed by atoms with Crippen LogP contribution in [0.15, 0.2) is 11.6 Å². The van der Waals surface area contributed by atoms with Gasteiger partial charge < -0.3 is 4.74 Å². The third-order valence-corrected chi connectivity index (χ3v) is 3.81. The van der Waals surface area contributed by atoms with E-state index in [2.05, 4.69) is 40.7 Å². The molecule has 88 valence electrons. The highest BCUT2D eigenvalue weighted by Gasteiger charge is 2.35. The standard InChI is InChI=1S/C14H26O/c1-6-8-9-12-10-11(3)14(4,5)13(7-2)15-12/h10,12-13H,6-9H2,1-5H3. The zero-order chi connectivity index (χ0) is 11.5. The smallest absolute Gasteiger partial charge is 0.0762 e. The van der Waals surface area contributed by atoms with Crippen molar-refractivity contribution in [2.45, 2.75) is 72.5 Å². The average molecular weight is 210 g/mol. The highest BCUT2D eigenvalue weighted by atomic mass is 16.5. The van der Waals surface area contributed by atoms with Crippen LogP contribution in [0.25, 0.3) is 0 Å². The van der Waals surface area contributed by atoms with Crippen LogP contribution < -0.4 is 0 Å². The van der Waals surface area contributed by atoms with Gasteiger partial charge in [-0.1, -0.05) is 52.2 Å². The van der Waals surface area contributed by atoms with Crippen LogP contribution >= 0.6 is 0 Å². The summed E-state index contributed by atoms with van der Waals surface area (Å²) < 4.78 is 6.15. The maximum absolute atomic E-state index is 6.15.